The van der Waals surface area contributed by atoms with E-state index in [1.165, 1.54) is 14.8 Å². The van der Waals surface area contributed by atoms with Gasteiger partial charge in [-0.15, -0.1) is 0 Å². The van der Waals surface area contributed by atoms with E-state index >= 15 is 0 Å². The standard InChI is InChI=1S/C14H16INO/c1-9-8-12(11(3)17-9)10(2)16-14-7-5-4-6-13(14)15/h4-8,10,16H,1-3H3. The summed E-state index contributed by atoms with van der Waals surface area (Å²) in [6, 6.07) is 10.6. The molecule has 3 heteroatoms. The Labute approximate surface area is 116 Å². The molecule has 0 aliphatic rings. The molecule has 0 aliphatic heterocycles. The highest BCUT2D eigenvalue weighted by Gasteiger charge is 2.13. The second kappa shape index (κ2) is 5.12. The number of aryl methyl sites for hydroxylation is 2. The molecule has 2 aromatic rings. The van der Waals surface area contributed by atoms with E-state index in [2.05, 4.69) is 53.0 Å². The SMILES string of the molecule is Cc1cc(C(C)Nc2ccccc2I)c(C)o1. The van der Waals surface area contributed by atoms with Crippen molar-refractivity contribution in [2.75, 3.05) is 5.32 Å². The third kappa shape index (κ3) is 2.83. The number of rotatable bonds is 3. The summed E-state index contributed by atoms with van der Waals surface area (Å²) in [5.41, 5.74) is 2.39. The fourth-order valence-corrected chi connectivity index (χ4v) is 2.51. The number of hydrogen-bond acceptors (Lipinski definition) is 2. The topological polar surface area (TPSA) is 25.2 Å². The molecule has 0 amide bonds. The highest BCUT2D eigenvalue weighted by atomic mass is 127. The minimum Gasteiger partial charge on any atom is -0.466 e. The van der Waals surface area contributed by atoms with E-state index in [-0.39, 0.29) is 6.04 Å². The van der Waals surface area contributed by atoms with Gasteiger partial charge in [-0.3, -0.25) is 0 Å². The number of halogens is 1. The molecule has 0 spiro atoms. The maximum absolute atomic E-state index is 5.56. The summed E-state index contributed by atoms with van der Waals surface area (Å²) in [6.07, 6.45) is 0. The number of hydrogen-bond donors (Lipinski definition) is 1. The van der Waals surface area contributed by atoms with Crippen LogP contribution in [0.2, 0.25) is 0 Å². The van der Waals surface area contributed by atoms with Crippen LogP contribution in [-0.4, -0.2) is 0 Å². The van der Waals surface area contributed by atoms with Crippen LogP contribution in [0.5, 0.6) is 0 Å². The Balaban J connectivity index is 2.20. The first kappa shape index (κ1) is 12.5. The van der Waals surface area contributed by atoms with Crippen molar-refractivity contribution in [3.05, 3.63) is 51.0 Å². The van der Waals surface area contributed by atoms with Crippen LogP contribution in [0.15, 0.2) is 34.7 Å². The first-order chi connectivity index (χ1) is 8.08. The summed E-state index contributed by atoms with van der Waals surface area (Å²) in [6.45, 7) is 6.15. The average Bonchev–Trinajstić information content (AvgIpc) is 2.61. The van der Waals surface area contributed by atoms with Gasteiger partial charge in [0.15, 0.2) is 0 Å². The summed E-state index contributed by atoms with van der Waals surface area (Å²) in [5, 5.41) is 3.51. The molecule has 0 bridgehead atoms. The lowest BCUT2D eigenvalue weighted by Crippen LogP contribution is -2.07. The van der Waals surface area contributed by atoms with Gasteiger partial charge in [-0.1, -0.05) is 12.1 Å². The molecule has 0 saturated heterocycles. The third-order valence-corrected chi connectivity index (χ3v) is 3.73. The Morgan fingerprint density at radius 1 is 1.24 bits per heavy atom. The molecular formula is C14H16INO. The molecule has 90 valence electrons. The van der Waals surface area contributed by atoms with Gasteiger partial charge in [-0.05, 0) is 61.6 Å². The molecule has 2 rings (SSSR count). The van der Waals surface area contributed by atoms with Crippen LogP contribution in [0, 0.1) is 17.4 Å². The van der Waals surface area contributed by atoms with E-state index < -0.39 is 0 Å². The summed E-state index contributed by atoms with van der Waals surface area (Å²) < 4.78 is 6.79. The monoisotopic (exact) mass is 341 g/mol. The van der Waals surface area contributed by atoms with Gasteiger partial charge < -0.3 is 9.73 Å². The highest BCUT2D eigenvalue weighted by Crippen LogP contribution is 2.26. The molecule has 17 heavy (non-hydrogen) atoms. The van der Waals surface area contributed by atoms with E-state index in [0.29, 0.717) is 0 Å². The zero-order chi connectivity index (χ0) is 12.4. The van der Waals surface area contributed by atoms with Gasteiger partial charge >= 0.3 is 0 Å². The van der Waals surface area contributed by atoms with Crippen molar-refractivity contribution < 1.29 is 4.42 Å². The van der Waals surface area contributed by atoms with Crippen LogP contribution in [0.1, 0.15) is 30.0 Å². The largest absolute Gasteiger partial charge is 0.466 e. The lowest BCUT2D eigenvalue weighted by Gasteiger charge is -2.15. The van der Waals surface area contributed by atoms with Gasteiger partial charge in [0, 0.05) is 14.8 Å². The van der Waals surface area contributed by atoms with E-state index in [9.17, 15) is 0 Å². The van der Waals surface area contributed by atoms with Crippen molar-refractivity contribution in [1.82, 2.24) is 0 Å². The Morgan fingerprint density at radius 2 is 1.94 bits per heavy atom. The van der Waals surface area contributed by atoms with E-state index in [0.717, 1.165) is 11.5 Å². The molecule has 0 radical (unpaired) electrons. The van der Waals surface area contributed by atoms with Gasteiger partial charge in [0.2, 0.25) is 0 Å². The molecule has 1 N–H and O–H groups in total. The highest BCUT2D eigenvalue weighted by molar-refractivity contribution is 14.1. The second-order valence-electron chi connectivity index (χ2n) is 4.21. The Morgan fingerprint density at radius 3 is 2.53 bits per heavy atom. The summed E-state index contributed by atoms with van der Waals surface area (Å²) in [5.74, 6) is 1.96. The number of nitrogens with one attached hydrogen (secondary N) is 1. The molecule has 1 aromatic carbocycles. The molecule has 1 aromatic heterocycles. The van der Waals surface area contributed by atoms with Crippen molar-refractivity contribution in [3.8, 4) is 0 Å². The molecule has 2 nitrogen and oxygen atoms in total. The van der Waals surface area contributed by atoms with Gasteiger partial charge in [-0.2, -0.15) is 0 Å². The summed E-state index contributed by atoms with van der Waals surface area (Å²) in [7, 11) is 0. The fourth-order valence-electron chi connectivity index (χ4n) is 1.97. The average molecular weight is 341 g/mol. The number of furan rings is 1. The van der Waals surface area contributed by atoms with Gasteiger partial charge in [0.1, 0.15) is 11.5 Å². The lowest BCUT2D eigenvalue weighted by molar-refractivity contribution is 0.500. The van der Waals surface area contributed by atoms with Gasteiger partial charge in [0.25, 0.3) is 0 Å². The minimum absolute atomic E-state index is 0.253. The fraction of sp³-hybridized carbons (Fsp3) is 0.286. The Bertz CT molecular complexity index is 519. The van der Waals surface area contributed by atoms with Crippen LogP contribution in [0.4, 0.5) is 5.69 Å². The molecular weight excluding hydrogens is 325 g/mol. The van der Waals surface area contributed by atoms with Crippen LogP contribution in [0.3, 0.4) is 0 Å². The smallest absolute Gasteiger partial charge is 0.106 e. The second-order valence-corrected chi connectivity index (χ2v) is 5.38. The van der Waals surface area contributed by atoms with E-state index in [1.807, 2.05) is 26.0 Å². The first-order valence-corrected chi connectivity index (χ1v) is 6.74. The number of para-hydroxylation sites is 1. The van der Waals surface area contributed by atoms with Gasteiger partial charge in [0.05, 0.1) is 6.04 Å². The minimum atomic E-state index is 0.253. The molecule has 1 unspecified atom stereocenters. The Kier molecular flexibility index (Phi) is 3.76. The van der Waals surface area contributed by atoms with Crippen molar-refractivity contribution in [2.45, 2.75) is 26.8 Å². The Hall–Kier alpha value is -0.970. The number of benzene rings is 1. The number of anilines is 1. The quantitative estimate of drug-likeness (QED) is 0.821. The van der Waals surface area contributed by atoms with Crippen molar-refractivity contribution in [2.24, 2.45) is 0 Å². The predicted molar refractivity (Wildman–Crippen MR) is 79.4 cm³/mol. The van der Waals surface area contributed by atoms with E-state index in [1.54, 1.807) is 0 Å². The summed E-state index contributed by atoms with van der Waals surface area (Å²) in [4.78, 5) is 0. The summed E-state index contributed by atoms with van der Waals surface area (Å²) >= 11 is 2.34. The van der Waals surface area contributed by atoms with E-state index in [4.69, 9.17) is 4.42 Å². The zero-order valence-electron chi connectivity index (χ0n) is 10.3. The molecule has 1 atom stereocenters. The third-order valence-electron chi connectivity index (χ3n) is 2.79. The van der Waals surface area contributed by atoms with Crippen molar-refractivity contribution >= 4 is 28.3 Å². The van der Waals surface area contributed by atoms with Crippen molar-refractivity contribution in [1.29, 1.82) is 0 Å². The lowest BCUT2D eigenvalue weighted by atomic mass is 10.1. The predicted octanol–water partition coefficient (Wildman–Crippen LogP) is 4.67. The van der Waals surface area contributed by atoms with Crippen molar-refractivity contribution in [3.63, 3.8) is 0 Å². The molecule has 0 saturated carbocycles. The van der Waals surface area contributed by atoms with Gasteiger partial charge in [-0.25, -0.2) is 0 Å². The zero-order valence-corrected chi connectivity index (χ0v) is 12.4. The van der Waals surface area contributed by atoms with Crippen LogP contribution in [-0.2, 0) is 0 Å². The first-order valence-electron chi connectivity index (χ1n) is 5.66. The normalized spacial score (nSPS) is 12.5. The molecule has 1 heterocycles. The molecule has 0 fully saturated rings. The van der Waals surface area contributed by atoms with Crippen LogP contribution < -0.4 is 5.32 Å². The molecule has 0 aliphatic carbocycles. The van der Waals surface area contributed by atoms with Crippen LogP contribution in [0.25, 0.3) is 0 Å². The maximum Gasteiger partial charge on any atom is 0.106 e. The van der Waals surface area contributed by atoms with Crippen LogP contribution >= 0.6 is 22.6 Å². The maximum atomic E-state index is 5.56.